The average molecular weight is 396 g/mol. The van der Waals surface area contributed by atoms with Crippen LogP contribution in [0.5, 0.6) is 0 Å². The maximum absolute atomic E-state index is 11.9. The first-order valence-corrected chi connectivity index (χ1v) is 8.28. The number of aromatic nitrogens is 1. The van der Waals surface area contributed by atoms with Crippen molar-refractivity contribution in [2.24, 2.45) is 0 Å². The van der Waals surface area contributed by atoms with E-state index in [9.17, 15) is 4.79 Å². The van der Waals surface area contributed by atoms with E-state index in [1.165, 1.54) is 16.5 Å². The second kappa shape index (κ2) is 6.09. The first-order chi connectivity index (χ1) is 10.2. The minimum atomic E-state index is -0.230. The van der Waals surface area contributed by atoms with Gasteiger partial charge < -0.3 is 9.72 Å². The van der Waals surface area contributed by atoms with Gasteiger partial charge in [-0.1, -0.05) is 40.8 Å². The molecule has 0 spiro atoms. The average Bonchev–Trinajstić information content (AvgIpc) is 2.95. The summed E-state index contributed by atoms with van der Waals surface area (Å²) in [7, 11) is 0. The maximum Gasteiger partial charge on any atom is 0.410 e. The number of rotatable bonds is 2. The molecule has 2 heterocycles. The Hall–Kier alpha value is -1.50. The Kier molecular flexibility index (Phi) is 4.19. The normalized spacial score (nSPS) is 18.7. The minimum absolute atomic E-state index is 0.121. The molecule has 1 atom stereocenters. The van der Waals surface area contributed by atoms with Crippen molar-refractivity contribution in [2.45, 2.75) is 17.4 Å². The highest BCUT2D eigenvalue weighted by molar-refractivity contribution is 14.1. The zero-order valence-electron chi connectivity index (χ0n) is 11.8. The van der Waals surface area contributed by atoms with Gasteiger partial charge >= 0.3 is 6.09 Å². The Bertz CT molecular complexity index is 692. The summed E-state index contributed by atoms with van der Waals surface area (Å²) < 4.78 is 5.22. The lowest BCUT2D eigenvalue weighted by molar-refractivity contribution is 0.109. The van der Waals surface area contributed by atoms with E-state index in [0.717, 1.165) is 11.9 Å². The lowest BCUT2D eigenvalue weighted by Crippen LogP contribution is -2.39. The van der Waals surface area contributed by atoms with Gasteiger partial charge in [0.1, 0.15) is 0 Å². The van der Waals surface area contributed by atoms with Crippen molar-refractivity contribution in [3.8, 4) is 0 Å². The van der Waals surface area contributed by atoms with E-state index in [4.69, 9.17) is 4.74 Å². The summed E-state index contributed by atoms with van der Waals surface area (Å²) in [4.78, 5) is 16.9. The number of alkyl halides is 1. The van der Waals surface area contributed by atoms with Gasteiger partial charge in [0.05, 0.1) is 10.7 Å². The first-order valence-electron chi connectivity index (χ1n) is 7.03. The van der Waals surface area contributed by atoms with Gasteiger partial charge in [-0.05, 0) is 30.2 Å². The molecule has 5 heteroatoms. The van der Waals surface area contributed by atoms with Crippen LogP contribution >= 0.6 is 22.6 Å². The van der Waals surface area contributed by atoms with Crippen molar-refractivity contribution < 1.29 is 9.53 Å². The highest BCUT2D eigenvalue weighted by Crippen LogP contribution is 2.33. The Morgan fingerprint density at radius 2 is 2.33 bits per heavy atom. The second-order valence-corrected chi connectivity index (χ2v) is 6.40. The zero-order valence-corrected chi connectivity index (χ0v) is 14.0. The lowest BCUT2D eigenvalue weighted by atomic mass is 9.96. The van der Waals surface area contributed by atoms with Crippen LogP contribution < -0.4 is 0 Å². The van der Waals surface area contributed by atoms with Gasteiger partial charge in [-0.25, -0.2) is 4.79 Å². The highest BCUT2D eigenvalue weighted by atomic mass is 127. The van der Waals surface area contributed by atoms with Crippen molar-refractivity contribution in [3.63, 3.8) is 0 Å². The van der Waals surface area contributed by atoms with Crippen molar-refractivity contribution >= 4 is 45.2 Å². The number of halogens is 1. The highest BCUT2D eigenvalue weighted by Gasteiger charge is 2.27. The topological polar surface area (TPSA) is 45.3 Å². The molecule has 0 fully saturated rings. The standard InChI is InChI=1S/C16H17IN2O2/c1-2-21-16(20)19-9-7-11(10-15(19)17)12-4-3-5-14-13(12)6-8-18-14/h3-8,15,18H,2,9-10H2,1H3. The molecular weight excluding hydrogens is 379 g/mol. The third-order valence-electron chi connectivity index (χ3n) is 3.70. The fourth-order valence-electron chi connectivity index (χ4n) is 2.68. The van der Waals surface area contributed by atoms with Crippen LogP contribution in [0.15, 0.2) is 36.5 Å². The number of nitrogens with one attached hydrogen (secondary N) is 1. The van der Waals surface area contributed by atoms with E-state index in [1.54, 1.807) is 4.90 Å². The van der Waals surface area contributed by atoms with Crippen LogP contribution in [-0.2, 0) is 4.74 Å². The molecular formula is C16H17IN2O2. The smallest absolute Gasteiger partial charge is 0.410 e. The number of amides is 1. The molecule has 1 aromatic heterocycles. The molecule has 0 aliphatic carbocycles. The fraction of sp³-hybridized carbons (Fsp3) is 0.312. The molecule has 1 N–H and O–H groups in total. The minimum Gasteiger partial charge on any atom is -0.450 e. The molecule has 110 valence electrons. The monoisotopic (exact) mass is 396 g/mol. The summed E-state index contributed by atoms with van der Waals surface area (Å²) in [5.41, 5.74) is 3.69. The third kappa shape index (κ3) is 2.79. The third-order valence-corrected chi connectivity index (χ3v) is 4.82. The number of carbonyl (C=O) groups excluding carboxylic acids is 1. The van der Waals surface area contributed by atoms with E-state index in [1.807, 2.05) is 13.1 Å². The van der Waals surface area contributed by atoms with E-state index in [-0.39, 0.29) is 10.1 Å². The number of aromatic amines is 1. The second-order valence-electron chi connectivity index (χ2n) is 4.96. The quantitative estimate of drug-likeness (QED) is 0.471. The van der Waals surface area contributed by atoms with E-state index >= 15 is 0 Å². The van der Waals surface area contributed by atoms with Gasteiger partial charge in [0.25, 0.3) is 0 Å². The van der Waals surface area contributed by atoms with Crippen LogP contribution in [0.3, 0.4) is 0 Å². The van der Waals surface area contributed by atoms with Crippen LogP contribution in [-0.4, -0.2) is 33.2 Å². The summed E-state index contributed by atoms with van der Waals surface area (Å²) in [5.74, 6) is 0. The van der Waals surface area contributed by atoms with Crippen LogP contribution in [0.4, 0.5) is 4.79 Å². The molecule has 1 aliphatic heterocycles. The molecule has 0 saturated heterocycles. The molecule has 0 radical (unpaired) electrons. The number of hydrogen-bond acceptors (Lipinski definition) is 2. The van der Waals surface area contributed by atoms with Crippen molar-refractivity contribution in [2.75, 3.05) is 13.2 Å². The summed E-state index contributed by atoms with van der Waals surface area (Å²) in [6, 6.07) is 8.39. The Morgan fingerprint density at radius 3 is 3.10 bits per heavy atom. The molecule has 1 aliphatic rings. The SMILES string of the molecule is CCOC(=O)N1CC=C(c2cccc3[nH]ccc23)CC1I. The first kappa shape index (κ1) is 14.4. The molecule has 1 aromatic carbocycles. The van der Waals surface area contributed by atoms with Gasteiger partial charge in [0.2, 0.25) is 0 Å². The van der Waals surface area contributed by atoms with Crippen LogP contribution in [0.1, 0.15) is 18.9 Å². The predicted molar refractivity (Wildman–Crippen MR) is 92.4 cm³/mol. The maximum atomic E-state index is 11.9. The number of nitrogens with zero attached hydrogens (tertiary/aromatic N) is 1. The summed E-state index contributed by atoms with van der Waals surface area (Å²) in [5, 5.41) is 1.23. The van der Waals surface area contributed by atoms with Gasteiger partial charge in [0.15, 0.2) is 0 Å². The molecule has 0 saturated carbocycles. The number of ether oxygens (including phenoxy) is 1. The van der Waals surface area contributed by atoms with Gasteiger partial charge in [-0.3, -0.25) is 4.90 Å². The number of benzene rings is 1. The largest absolute Gasteiger partial charge is 0.450 e. The fourth-order valence-corrected chi connectivity index (χ4v) is 3.61. The Labute approximate surface area is 137 Å². The summed E-state index contributed by atoms with van der Waals surface area (Å²) in [6.45, 7) is 2.85. The summed E-state index contributed by atoms with van der Waals surface area (Å²) >= 11 is 2.31. The van der Waals surface area contributed by atoms with Crippen molar-refractivity contribution in [1.82, 2.24) is 9.88 Å². The van der Waals surface area contributed by atoms with Gasteiger partial charge in [-0.15, -0.1) is 0 Å². The van der Waals surface area contributed by atoms with Crippen LogP contribution in [0.2, 0.25) is 0 Å². The molecule has 2 aromatic rings. The van der Waals surface area contributed by atoms with E-state index < -0.39 is 0 Å². The molecule has 4 nitrogen and oxygen atoms in total. The zero-order chi connectivity index (χ0) is 14.8. The Balaban J connectivity index is 1.88. The number of carbonyl (C=O) groups is 1. The molecule has 1 unspecified atom stereocenters. The molecule has 21 heavy (non-hydrogen) atoms. The lowest BCUT2D eigenvalue weighted by Gasteiger charge is -2.31. The van der Waals surface area contributed by atoms with Gasteiger partial charge in [0, 0.05) is 30.1 Å². The number of hydrogen-bond donors (Lipinski definition) is 1. The van der Waals surface area contributed by atoms with Crippen LogP contribution in [0, 0.1) is 0 Å². The Morgan fingerprint density at radius 1 is 1.48 bits per heavy atom. The van der Waals surface area contributed by atoms with Crippen molar-refractivity contribution in [1.29, 1.82) is 0 Å². The molecule has 3 rings (SSSR count). The molecule has 0 bridgehead atoms. The predicted octanol–water partition coefficient (Wildman–Crippen LogP) is 4.17. The van der Waals surface area contributed by atoms with Crippen LogP contribution in [0.25, 0.3) is 16.5 Å². The van der Waals surface area contributed by atoms with E-state index in [0.29, 0.717) is 13.2 Å². The number of fused-ring (bicyclic) bond motifs is 1. The number of H-pyrrole nitrogens is 1. The van der Waals surface area contributed by atoms with E-state index in [2.05, 4.69) is 57.9 Å². The van der Waals surface area contributed by atoms with Crippen molar-refractivity contribution in [3.05, 3.63) is 42.1 Å². The summed E-state index contributed by atoms with van der Waals surface area (Å²) in [6.07, 6.45) is 4.70. The van der Waals surface area contributed by atoms with Gasteiger partial charge in [-0.2, -0.15) is 0 Å². The molecule has 1 amide bonds.